The quantitative estimate of drug-likeness (QED) is 0.775. The molecule has 0 spiro atoms. The number of nitrogens with zero attached hydrogens (tertiary/aromatic N) is 1. The number of ether oxygens (including phenoxy) is 1. The van der Waals surface area contributed by atoms with E-state index in [4.69, 9.17) is 4.84 Å². The molecule has 0 aromatic rings. The van der Waals surface area contributed by atoms with E-state index in [0.717, 1.165) is 19.3 Å². The molecule has 18 heavy (non-hydrogen) atoms. The number of methoxy groups -OCH3 is 1. The lowest BCUT2D eigenvalue weighted by atomic mass is 9.82. The number of carbonyl (C=O) groups is 1. The third-order valence-electron chi connectivity index (χ3n) is 3.54. The molecule has 0 aromatic carbocycles. The van der Waals surface area contributed by atoms with Gasteiger partial charge in [-0.25, -0.2) is 4.79 Å². The van der Waals surface area contributed by atoms with Gasteiger partial charge < -0.3 is 9.84 Å². The van der Waals surface area contributed by atoms with Crippen molar-refractivity contribution in [3.63, 3.8) is 0 Å². The predicted molar refractivity (Wildman–Crippen MR) is 67.8 cm³/mol. The zero-order valence-electron chi connectivity index (χ0n) is 12.0. The Labute approximate surface area is 109 Å². The normalized spacial score (nSPS) is 24.6. The third-order valence-corrected chi connectivity index (χ3v) is 3.54. The lowest BCUT2D eigenvalue weighted by Gasteiger charge is -2.51. The Hall–Kier alpha value is -0.650. The van der Waals surface area contributed by atoms with Gasteiger partial charge in [0.1, 0.15) is 0 Å². The van der Waals surface area contributed by atoms with E-state index in [-0.39, 0.29) is 17.7 Å². The second kappa shape index (κ2) is 5.55. The first-order valence-electron chi connectivity index (χ1n) is 6.40. The van der Waals surface area contributed by atoms with Crippen molar-refractivity contribution in [2.24, 2.45) is 0 Å². The fourth-order valence-corrected chi connectivity index (χ4v) is 2.67. The van der Waals surface area contributed by atoms with Crippen LogP contribution in [0.3, 0.4) is 0 Å². The smallest absolute Gasteiger partial charge is 0.339 e. The van der Waals surface area contributed by atoms with E-state index in [1.54, 1.807) is 0 Å². The topological polar surface area (TPSA) is 59.0 Å². The number of carbonyl (C=O) groups excluding carboxylic acids is 1. The van der Waals surface area contributed by atoms with E-state index >= 15 is 0 Å². The Morgan fingerprint density at radius 3 is 2.17 bits per heavy atom. The second-order valence-corrected chi connectivity index (χ2v) is 6.07. The van der Waals surface area contributed by atoms with Crippen molar-refractivity contribution in [3.8, 4) is 0 Å². The average Bonchev–Trinajstić information content (AvgIpc) is 2.26. The minimum Gasteiger partial charge on any atom is -0.467 e. The van der Waals surface area contributed by atoms with Gasteiger partial charge in [-0.2, -0.15) is 5.06 Å². The van der Waals surface area contributed by atoms with E-state index in [2.05, 4.69) is 32.4 Å². The van der Waals surface area contributed by atoms with Crippen LogP contribution in [0.25, 0.3) is 0 Å². The highest BCUT2D eigenvalue weighted by molar-refractivity contribution is 5.74. The molecule has 1 heterocycles. The summed E-state index contributed by atoms with van der Waals surface area (Å²) in [5.74, 6) is -0.547. The molecular weight excluding hydrogens is 234 g/mol. The van der Waals surface area contributed by atoms with Crippen molar-refractivity contribution in [2.75, 3.05) is 13.7 Å². The molecule has 1 saturated heterocycles. The molecule has 0 amide bonds. The van der Waals surface area contributed by atoms with Gasteiger partial charge in [-0.05, 0) is 47.0 Å². The van der Waals surface area contributed by atoms with Crippen molar-refractivity contribution >= 4 is 5.97 Å². The van der Waals surface area contributed by atoms with Crippen molar-refractivity contribution in [1.29, 1.82) is 0 Å². The molecule has 1 atom stereocenters. The van der Waals surface area contributed by atoms with E-state index in [1.807, 2.05) is 5.06 Å². The van der Waals surface area contributed by atoms with Gasteiger partial charge in [0.2, 0.25) is 0 Å². The molecule has 5 heteroatoms. The molecule has 0 radical (unpaired) electrons. The van der Waals surface area contributed by atoms with Crippen LogP contribution in [0.5, 0.6) is 0 Å². The SMILES string of the molecule is COC(=O)C(CO)ON1C(C)(C)CCCC1(C)C. The van der Waals surface area contributed by atoms with Crippen LogP contribution in [0.1, 0.15) is 47.0 Å². The van der Waals surface area contributed by atoms with Crippen LogP contribution in [-0.2, 0) is 14.4 Å². The van der Waals surface area contributed by atoms with E-state index in [9.17, 15) is 9.90 Å². The van der Waals surface area contributed by atoms with Crippen molar-refractivity contribution in [2.45, 2.75) is 64.1 Å². The number of piperidine rings is 1. The van der Waals surface area contributed by atoms with E-state index in [1.165, 1.54) is 7.11 Å². The van der Waals surface area contributed by atoms with Gasteiger partial charge in [0.25, 0.3) is 0 Å². The first kappa shape index (κ1) is 15.4. The molecule has 5 nitrogen and oxygen atoms in total. The Kier molecular flexibility index (Phi) is 4.75. The highest BCUT2D eigenvalue weighted by Gasteiger charge is 2.44. The zero-order chi connectivity index (χ0) is 14.0. The number of esters is 1. The third kappa shape index (κ3) is 3.22. The maximum absolute atomic E-state index is 11.5. The summed E-state index contributed by atoms with van der Waals surface area (Å²) in [6, 6.07) is 0. The molecular formula is C13H25NO4. The number of aliphatic hydroxyl groups is 1. The maximum Gasteiger partial charge on any atom is 0.339 e. The van der Waals surface area contributed by atoms with Gasteiger partial charge in [0, 0.05) is 11.1 Å². The highest BCUT2D eigenvalue weighted by Crippen LogP contribution is 2.38. The van der Waals surface area contributed by atoms with E-state index < -0.39 is 12.1 Å². The number of hydrogen-bond donors (Lipinski definition) is 1. The fourth-order valence-electron chi connectivity index (χ4n) is 2.67. The molecule has 1 unspecified atom stereocenters. The minimum absolute atomic E-state index is 0.164. The molecule has 1 aliphatic heterocycles. The Bertz CT molecular complexity index is 285. The lowest BCUT2D eigenvalue weighted by Crippen LogP contribution is -2.60. The monoisotopic (exact) mass is 259 g/mol. The summed E-state index contributed by atoms with van der Waals surface area (Å²) >= 11 is 0. The molecule has 106 valence electrons. The summed E-state index contributed by atoms with van der Waals surface area (Å²) in [5, 5.41) is 11.1. The molecule has 1 N–H and O–H groups in total. The molecule has 0 aliphatic carbocycles. The molecule has 0 aromatic heterocycles. The summed E-state index contributed by atoms with van der Waals surface area (Å²) < 4.78 is 4.63. The predicted octanol–water partition coefficient (Wildman–Crippen LogP) is 1.49. The lowest BCUT2D eigenvalue weighted by molar-refractivity contribution is -0.305. The molecule has 0 saturated carbocycles. The minimum atomic E-state index is -0.952. The standard InChI is InChI=1S/C13H25NO4/c1-12(2)7-6-8-13(3,4)14(12)18-10(9-15)11(16)17-5/h10,15H,6-9H2,1-5H3. The van der Waals surface area contributed by atoms with Crippen molar-refractivity contribution in [3.05, 3.63) is 0 Å². The van der Waals surface area contributed by atoms with Crippen LogP contribution in [0.15, 0.2) is 0 Å². The van der Waals surface area contributed by atoms with Gasteiger partial charge in [-0.3, -0.25) is 4.84 Å². The molecule has 1 rings (SSSR count). The first-order chi connectivity index (χ1) is 8.24. The Balaban J connectivity index is 2.86. The summed E-state index contributed by atoms with van der Waals surface area (Å²) in [7, 11) is 1.29. The summed E-state index contributed by atoms with van der Waals surface area (Å²) in [5.41, 5.74) is -0.327. The van der Waals surface area contributed by atoms with Gasteiger partial charge >= 0.3 is 5.97 Å². The Morgan fingerprint density at radius 2 is 1.78 bits per heavy atom. The number of hydrogen-bond acceptors (Lipinski definition) is 5. The molecule has 1 fully saturated rings. The van der Waals surface area contributed by atoms with Crippen LogP contribution in [0.4, 0.5) is 0 Å². The summed E-state index contributed by atoms with van der Waals surface area (Å²) in [6.07, 6.45) is 2.17. The molecule has 1 aliphatic rings. The molecule has 0 bridgehead atoms. The maximum atomic E-state index is 11.5. The number of aliphatic hydroxyl groups excluding tert-OH is 1. The first-order valence-corrected chi connectivity index (χ1v) is 6.40. The van der Waals surface area contributed by atoms with Gasteiger partial charge in [-0.15, -0.1) is 0 Å². The number of rotatable bonds is 4. The average molecular weight is 259 g/mol. The summed E-state index contributed by atoms with van der Waals surface area (Å²) in [4.78, 5) is 17.2. The van der Waals surface area contributed by atoms with Gasteiger partial charge in [0.15, 0.2) is 6.10 Å². The van der Waals surface area contributed by atoms with Gasteiger partial charge in [-0.1, -0.05) is 0 Å². The van der Waals surface area contributed by atoms with Gasteiger partial charge in [0.05, 0.1) is 13.7 Å². The van der Waals surface area contributed by atoms with Crippen LogP contribution in [-0.4, -0.2) is 47.0 Å². The van der Waals surface area contributed by atoms with E-state index in [0.29, 0.717) is 0 Å². The van der Waals surface area contributed by atoms with Crippen molar-refractivity contribution < 1.29 is 19.5 Å². The van der Waals surface area contributed by atoms with Crippen LogP contribution < -0.4 is 0 Å². The Morgan fingerprint density at radius 1 is 1.28 bits per heavy atom. The largest absolute Gasteiger partial charge is 0.467 e. The number of hydroxylamine groups is 2. The van der Waals surface area contributed by atoms with Crippen LogP contribution in [0.2, 0.25) is 0 Å². The van der Waals surface area contributed by atoms with Crippen LogP contribution in [0, 0.1) is 0 Å². The fraction of sp³-hybridized carbons (Fsp3) is 0.923. The second-order valence-electron chi connectivity index (χ2n) is 6.07. The van der Waals surface area contributed by atoms with Crippen LogP contribution >= 0.6 is 0 Å². The highest BCUT2D eigenvalue weighted by atomic mass is 16.7. The zero-order valence-corrected chi connectivity index (χ0v) is 12.0. The van der Waals surface area contributed by atoms with Crippen molar-refractivity contribution in [1.82, 2.24) is 5.06 Å². The summed E-state index contributed by atoms with van der Waals surface area (Å²) in [6.45, 7) is 7.95.